The zero-order valence-electron chi connectivity index (χ0n) is 16.6. The number of amides is 1. The topological polar surface area (TPSA) is 32.3 Å². The molecule has 1 aliphatic heterocycles. The van der Waals surface area contributed by atoms with E-state index in [0.717, 1.165) is 47.3 Å². The average Bonchev–Trinajstić information content (AvgIpc) is 3.37. The van der Waals surface area contributed by atoms with Crippen LogP contribution >= 0.6 is 33.9 Å². The first kappa shape index (κ1) is 21.1. The molecule has 2 aliphatic rings. The number of hydrogen-bond acceptors (Lipinski definition) is 3. The van der Waals surface area contributed by atoms with Crippen LogP contribution in [0.5, 0.6) is 0 Å². The summed E-state index contributed by atoms with van der Waals surface area (Å²) < 4.78 is 41.2. The number of nitrogens with zero attached hydrogens (tertiary/aromatic N) is 1. The molecular weight excluding hydrogens is 536 g/mol. The highest BCUT2D eigenvalue weighted by molar-refractivity contribution is 14.1. The van der Waals surface area contributed by atoms with E-state index >= 15 is 0 Å². The standard InChI is InChI=1S/C23H20F3IN2OS/c24-23(25,26)14-1-4-20-17(11-14)18(13-31-20)28-21(30)16-3-2-15(27)12-19(16)29-9-7-22(5-6-22)8-10-29/h1-4,11-13H,5-10H2,(H,28,30). The number of thiophene rings is 1. The molecule has 1 spiro atoms. The van der Waals surface area contributed by atoms with Gasteiger partial charge in [-0.15, -0.1) is 11.3 Å². The predicted molar refractivity (Wildman–Crippen MR) is 127 cm³/mol. The summed E-state index contributed by atoms with van der Waals surface area (Å²) in [5.74, 6) is -0.296. The Hall–Kier alpha value is -1.81. The maximum absolute atomic E-state index is 13.2. The zero-order chi connectivity index (χ0) is 21.8. The molecular formula is C23H20F3IN2OS. The van der Waals surface area contributed by atoms with Crippen molar-refractivity contribution < 1.29 is 18.0 Å². The minimum atomic E-state index is -4.42. The van der Waals surface area contributed by atoms with E-state index in [4.69, 9.17) is 0 Å². The van der Waals surface area contributed by atoms with E-state index in [1.54, 1.807) is 5.38 Å². The number of alkyl halides is 3. The molecule has 2 aromatic carbocycles. The Morgan fingerprint density at radius 2 is 1.81 bits per heavy atom. The van der Waals surface area contributed by atoms with Gasteiger partial charge in [0.25, 0.3) is 5.91 Å². The van der Waals surface area contributed by atoms with Crippen LogP contribution in [0.15, 0.2) is 41.8 Å². The quantitative estimate of drug-likeness (QED) is 0.348. The van der Waals surface area contributed by atoms with E-state index < -0.39 is 11.7 Å². The minimum Gasteiger partial charge on any atom is -0.371 e. The third kappa shape index (κ3) is 4.16. The van der Waals surface area contributed by atoms with Gasteiger partial charge in [-0.2, -0.15) is 13.2 Å². The van der Waals surface area contributed by atoms with Gasteiger partial charge in [0.2, 0.25) is 0 Å². The second kappa shape index (κ2) is 7.65. The summed E-state index contributed by atoms with van der Waals surface area (Å²) in [6, 6.07) is 9.35. The fourth-order valence-electron chi connectivity index (χ4n) is 4.35. The highest BCUT2D eigenvalue weighted by atomic mass is 127. The number of anilines is 2. The van der Waals surface area contributed by atoms with Crippen LogP contribution in [0, 0.1) is 8.99 Å². The van der Waals surface area contributed by atoms with Crippen molar-refractivity contribution in [3.63, 3.8) is 0 Å². The van der Waals surface area contributed by atoms with Gasteiger partial charge < -0.3 is 10.2 Å². The summed E-state index contributed by atoms with van der Waals surface area (Å²) in [6.07, 6.45) is 0.495. The Labute approximate surface area is 195 Å². The average molecular weight is 556 g/mol. The number of hydrogen-bond donors (Lipinski definition) is 1. The molecule has 31 heavy (non-hydrogen) atoms. The van der Waals surface area contributed by atoms with Crippen molar-refractivity contribution in [1.29, 1.82) is 0 Å². The van der Waals surface area contributed by atoms with Crippen LogP contribution in [-0.2, 0) is 6.18 Å². The summed E-state index contributed by atoms with van der Waals surface area (Å²) in [7, 11) is 0. The van der Waals surface area contributed by atoms with Crippen molar-refractivity contribution in [2.45, 2.75) is 31.9 Å². The van der Waals surface area contributed by atoms with Gasteiger partial charge in [-0.1, -0.05) is 0 Å². The Morgan fingerprint density at radius 1 is 1.06 bits per heavy atom. The fourth-order valence-corrected chi connectivity index (χ4v) is 5.70. The maximum atomic E-state index is 13.2. The molecule has 1 saturated carbocycles. The van der Waals surface area contributed by atoms with Gasteiger partial charge in [-0.05, 0) is 90.1 Å². The van der Waals surface area contributed by atoms with Gasteiger partial charge in [-0.25, -0.2) is 0 Å². The molecule has 3 nitrogen and oxygen atoms in total. The van der Waals surface area contributed by atoms with Crippen molar-refractivity contribution in [2.75, 3.05) is 23.3 Å². The molecule has 0 radical (unpaired) electrons. The monoisotopic (exact) mass is 556 g/mol. The van der Waals surface area contributed by atoms with E-state index in [0.29, 0.717) is 26.8 Å². The van der Waals surface area contributed by atoms with Crippen LogP contribution in [0.3, 0.4) is 0 Å². The molecule has 0 unspecified atom stereocenters. The number of nitrogens with one attached hydrogen (secondary N) is 1. The molecule has 1 aliphatic carbocycles. The number of fused-ring (bicyclic) bond motifs is 1. The molecule has 0 bridgehead atoms. The summed E-state index contributed by atoms with van der Waals surface area (Å²) >= 11 is 3.56. The fraction of sp³-hybridized carbons (Fsp3) is 0.348. The Bertz CT molecular complexity index is 1160. The highest BCUT2D eigenvalue weighted by Gasteiger charge is 2.44. The van der Waals surface area contributed by atoms with Crippen molar-refractivity contribution >= 4 is 61.3 Å². The molecule has 0 atom stereocenters. The lowest BCUT2D eigenvalue weighted by Crippen LogP contribution is -2.35. The summed E-state index contributed by atoms with van der Waals surface area (Å²) in [4.78, 5) is 15.5. The molecule has 162 valence electrons. The molecule has 5 rings (SSSR count). The number of carbonyl (C=O) groups is 1. The first-order chi connectivity index (χ1) is 14.7. The molecule has 3 aromatic rings. The molecule has 1 aromatic heterocycles. The van der Waals surface area contributed by atoms with E-state index in [1.165, 1.54) is 30.2 Å². The molecule has 1 N–H and O–H groups in total. The van der Waals surface area contributed by atoms with Crippen molar-refractivity contribution in [2.24, 2.45) is 5.41 Å². The first-order valence-corrected chi connectivity index (χ1v) is 12.1. The summed E-state index contributed by atoms with van der Waals surface area (Å²) in [5, 5.41) is 4.97. The molecule has 2 heterocycles. The molecule has 2 fully saturated rings. The van der Waals surface area contributed by atoms with Crippen LogP contribution in [0.4, 0.5) is 24.5 Å². The summed E-state index contributed by atoms with van der Waals surface area (Å²) in [5.41, 5.74) is 1.68. The molecule has 1 saturated heterocycles. The highest BCUT2D eigenvalue weighted by Crippen LogP contribution is 2.54. The third-order valence-corrected chi connectivity index (χ3v) is 8.11. The summed E-state index contributed by atoms with van der Waals surface area (Å²) in [6.45, 7) is 1.85. The third-order valence-electron chi connectivity index (χ3n) is 6.48. The van der Waals surface area contributed by atoms with Gasteiger partial charge in [0, 0.05) is 32.1 Å². The molecule has 8 heteroatoms. The second-order valence-electron chi connectivity index (χ2n) is 8.46. The van der Waals surface area contributed by atoms with Gasteiger partial charge >= 0.3 is 6.18 Å². The predicted octanol–water partition coefficient (Wildman–Crippen LogP) is 7.16. The van der Waals surface area contributed by atoms with E-state index in [2.05, 4.69) is 32.8 Å². The Balaban J connectivity index is 1.43. The zero-order valence-corrected chi connectivity index (χ0v) is 19.5. The van der Waals surface area contributed by atoms with Crippen LogP contribution < -0.4 is 10.2 Å². The number of halogens is 4. The lowest BCUT2D eigenvalue weighted by molar-refractivity contribution is -0.137. The molecule has 1 amide bonds. The van der Waals surface area contributed by atoms with E-state index in [-0.39, 0.29) is 5.91 Å². The first-order valence-electron chi connectivity index (χ1n) is 10.2. The largest absolute Gasteiger partial charge is 0.416 e. The maximum Gasteiger partial charge on any atom is 0.416 e. The number of carbonyl (C=O) groups excluding carboxylic acids is 1. The number of benzene rings is 2. The van der Waals surface area contributed by atoms with Gasteiger partial charge in [0.15, 0.2) is 0 Å². The van der Waals surface area contributed by atoms with E-state index in [1.807, 2.05) is 18.2 Å². The van der Waals surface area contributed by atoms with Gasteiger partial charge in [0.05, 0.1) is 22.5 Å². The Morgan fingerprint density at radius 3 is 2.48 bits per heavy atom. The van der Waals surface area contributed by atoms with E-state index in [9.17, 15) is 18.0 Å². The minimum absolute atomic E-state index is 0.296. The normalized spacial score (nSPS) is 17.9. The van der Waals surface area contributed by atoms with Crippen LogP contribution in [0.2, 0.25) is 0 Å². The van der Waals surface area contributed by atoms with Crippen molar-refractivity contribution in [3.8, 4) is 0 Å². The van der Waals surface area contributed by atoms with Crippen LogP contribution in [-0.4, -0.2) is 19.0 Å². The smallest absolute Gasteiger partial charge is 0.371 e. The van der Waals surface area contributed by atoms with Gasteiger partial charge in [0.1, 0.15) is 0 Å². The second-order valence-corrected chi connectivity index (χ2v) is 10.6. The lowest BCUT2D eigenvalue weighted by atomic mass is 9.93. The van der Waals surface area contributed by atoms with Crippen molar-refractivity contribution in [1.82, 2.24) is 0 Å². The van der Waals surface area contributed by atoms with Gasteiger partial charge in [-0.3, -0.25) is 4.79 Å². The number of piperidine rings is 1. The number of rotatable bonds is 3. The van der Waals surface area contributed by atoms with Crippen LogP contribution in [0.1, 0.15) is 41.6 Å². The SMILES string of the molecule is O=C(Nc1csc2ccc(C(F)(F)F)cc12)c1ccc(I)cc1N1CCC2(CC1)CC2. The van der Waals surface area contributed by atoms with Crippen LogP contribution in [0.25, 0.3) is 10.1 Å². The van der Waals surface area contributed by atoms with Crippen molar-refractivity contribution in [3.05, 3.63) is 56.5 Å². The lowest BCUT2D eigenvalue weighted by Gasteiger charge is -2.35. The Kier molecular flexibility index (Phi) is 5.20.